The fraction of sp³-hybridized carbons (Fsp3) is 0.600. The van der Waals surface area contributed by atoms with Crippen LogP contribution in [0.25, 0.3) is 0 Å². The molecule has 0 aromatic heterocycles. The quantitative estimate of drug-likeness (QED) is 0.768. The van der Waals surface area contributed by atoms with Gasteiger partial charge in [0.25, 0.3) is 0 Å². The molecule has 1 aromatic carbocycles. The second-order valence-corrected chi connectivity index (χ2v) is 4.45. The van der Waals surface area contributed by atoms with E-state index >= 15 is 0 Å². The van der Waals surface area contributed by atoms with Gasteiger partial charge in [0.2, 0.25) is 0 Å². The molecular formula is C15H25NO2. The van der Waals surface area contributed by atoms with E-state index in [4.69, 9.17) is 9.47 Å². The molecule has 1 aromatic rings. The van der Waals surface area contributed by atoms with Crippen molar-refractivity contribution in [3.05, 3.63) is 23.8 Å². The summed E-state index contributed by atoms with van der Waals surface area (Å²) in [5.74, 6) is 1.71. The average molecular weight is 251 g/mol. The van der Waals surface area contributed by atoms with Gasteiger partial charge in [-0.25, -0.2) is 0 Å². The summed E-state index contributed by atoms with van der Waals surface area (Å²) in [7, 11) is 3.36. The van der Waals surface area contributed by atoms with Crippen molar-refractivity contribution < 1.29 is 9.47 Å². The van der Waals surface area contributed by atoms with Gasteiger partial charge in [-0.2, -0.15) is 0 Å². The number of ether oxygens (including phenoxy) is 2. The molecule has 1 rings (SSSR count). The highest BCUT2D eigenvalue weighted by atomic mass is 16.5. The van der Waals surface area contributed by atoms with E-state index in [1.165, 1.54) is 18.4 Å². The molecule has 1 N–H and O–H groups in total. The molecule has 0 saturated carbocycles. The first-order valence-corrected chi connectivity index (χ1v) is 6.69. The summed E-state index contributed by atoms with van der Waals surface area (Å²) < 4.78 is 10.6. The Morgan fingerprint density at radius 3 is 2.50 bits per heavy atom. The van der Waals surface area contributed by atoms with Crippen LogP contribution in [0, 0.1) is 0 Å². The molecule has 0 aliphatic carbocycles. The van der Waals surface area contributed by atoms with Crippen molar-refractivity contribution in [2.75, 3.05) is 14.2 Å². The van der Waals surface area contributed by atoms with Gasteiger partial charge in [-0.1, -0.05) is 26.3 Å². The minimum absolute atomic E-state index is 0.585. The van der Waals surface area contributed by atoms with Crippen molar-refractivity contribution in [2.24, 2.45) is 0 Å². The van der Waals surface area contributed by atoms with Crippen LogP contribution in [0.3, 0.4) is 0 Å². The fourth-order valence-electron chi connectivity index (χ4n) is 2.05. The first-order valence-electron chi connectivity index (χ1n) is 6.69. The standard InChI is InChI=1S/C15H25NO2/c1-5-7-13(6-2)16-11-12-8-9-14(17-3)10-15(12)18-4/h8-10,13,16H,5-7,11H2,1-4H3. The Balaban J connectivity index is 2.65. The van der Waals surface area contributed by atoms with Gasteiger partial charge < -0.3 is 14.8 Å². The van der Waals surface area contributed by atoms with Crippen LogP contribution in [-0.4, -0.2) is 20.3 Å². The van der Waals surface area contributed by atoms with Crippen LogP contribution in [0.2, 0.25) is 0 Å². The lowest BCUT2D eigenvalue weighted by molar-refractivity contribution is 0.386. The maximum Gasteiger partial charge on any atom is 0.127 e. The molecule has 0 fully saturated rings. The largest absolute Gasteiger partial charge is 0.497 e. The Bertz CT molecular complexity index is 352. The summed E-state index contributed by atoms with van der Waals surface area (Å²) in [5, 5.41) is 3.58. The summed E-state index contributed by atoms with van der Waals surface area (Å²) >= 11 is 0. The normalized spacial score (nSPS) is 12.2. The van der Waals surface area contributed by atoms with Crippen LogP contribution in [-0.2, 0) is 6.54 Å². The van der Waals surface area contributed by atoms with E-state index in [1.807, 2.05) is 12.1 Å². The Labute approximate surface area is 110 Å². The van der Waals surface area contributed by atoms with Crippen LogP contribution >= 0.6 is 0 Å². The number of hydrogen-bond donors (Lipinski definition) is 1. The van der Waals surface area contributed by atoms with E-state index in [0.29, 0.717) is 6.04 Å². The predicted octanol–water partition coefficient (Wildman–Crippen LogP) is 3.37. The van der Waals surface area contributed by atoms with Gasteiger partial charge in [-0.3, -0.25) is 0 Å². The first-order chi connectivity index (χ1) is 8.74. The zero-order chi connectivity index (χ0) is 13.4. The van der Waals surface area contributed by atoms with Crippen LogP contribution in [0.15, 0.2) is 18.2 Å². The molecule has 1 unspecified atom stereocenters. The van der Waals surface area contributed by atoms with Gasteiger partial charge in [0.1, 0.15) is 11.5 Å². The fourth-order valence-corrected chi connectivity index (χ4v) is 2.05. The Kier molecular flexibility index (Phi) is 6.58. The Morgan fingerprint density at radius 2 is 1.94 bits per heavy atom. The summed E-state index contributed by atoms with van der Waals surface area (Å²) in [6, 6.07) is 6.54. The predicted molar refractivity (Wildman–Crippen MR) is 75.4 cm³/mol. The lowest BCUT2D eigenvalue weighted by Crippen LogP contribution is -2.27. The third kappa shape index (κ3) is 4.22. The van der Waals surface area contributed by atoms with Crippen LogP contribution < -0.4 is 14.8 Å². The molecule has 3 nitrogen and oxygen atoms in total. The SMILES string of the molecule is CCCC(CC)NCc1ccc(OC)cc1OC. The number of hydrogen-bond acceptors (Lipinski definition) is 3. The van der Waals surface area contributed by atoms with Gasteiger partial charge in [0, 0.05) is 24.2 Å². The number of rotatable bonds is 8. The van der Waals surface area contributed by atoms with Gasteiger partial charge in [-0.05, 0) is 18.9 Å². The molecule has 0 aliphatic heterocycles. The molecular weight excluding hydrogens is 226 g/mol. The average Bonchev–Trinajstić information content (AvgIpc) is 2.43. The smallest absolute Gasteiger partial charge is 0.127 e. The van der Waals surface area contributed by atoms with Gasteiger partial charge in [0.15, 0.2) is 0 Å². The van der Waals surface area contributed by atoms with Crippen molar-refractivity contribution in [3.63, 3.8) is 0 Å². The van der Waals surface area contributed by atoms with Crippen molar-refractivity contribution in [1.29, 1.82) is 0 Å². The molecule has 3 heteroatoms. The highest BCUT2D eigenvalue weighted by molar-refractivity contribution is 5.40. The maximum absolute atomic E-state index is 5.39. The topological polar surface area (TPSA) is 30.5 Å². The summed E-state index contributed by atoms with van der Waals surface area (Å²) in [6.45, 7) is 5.28. The van der Waals surface area contributed by atoms with Gasteiger partial charge in [-0.15, -0.1) is 0 Å². The van der Waals surface area contributed by atoms with E-state index in [0.717, 1.165) is 24.5 Å². The molecule has 18 heavy (non-hydrogen) atoms. The van der Waals surface area contributed by atoms with Crippen LogP contribution in [0.4, 0.5) is 0 Å². The summed E-state index contributed by atoms with van der Waals surface area (Å²) in [6.07, 6.45) is 3.59. The van der Waals surface area contributed by atoms with Crippen molar-refractivity contribution in [1.82, 2.24) is 5.32 Å². The van der Waals surface area contributed by atoms with E-state index < -0.39 is 0 Å². The number of methoxy groups -OCH3 is 2. The second-order valence-electron chi connectivity index (χ2n) is 4.45. The highest BCUT2D eigenvalue weighted by Gasteiger charge is 2.08. The summed E-state index contributed by atoms with van der Waals surface area (Å²) in [5.41, 5.74) is 1.17. The molecule has 0 aliphatic rings. The van der Waals surface area contributed by atoms with Crippen molar-refractivity contribution >= 4 is 0 Å². The van der Waals surface area contributed by atoms with E-state index in [-0.39, 0.29) is 0 Å². The lowest BCUT2D eigenvalue weighted by Gasteiger charge is -2.17. The van der Waals surface area contributed by atoms with Gasteiger partial charge >= 0.3 is 0 Å². The third-order valence-electron chi connectivity index (χ3n) is 3.21. The molecule has 0 heterocycles. The number of benzene rings is 1. The second kappa shape index (κ2) is 7.98. The van der Waals surface area contributed by atoms with Crippen molar-refractivity contribution in [3.8, 4) is 11.5 Å². The molecule has 102 valence electrons. The van der Waals surface area contributed by atoms with Gasteiger partial charge in [0.05, 0.1) is 14.2 Å². The Hall–Kier alpha value is -1.22. The first kappa shape index (κ1) is 14.8. The van der Waals surface area contributed by atoms with Crippen molar-refractivity contribution in [2.45, 2.75) is 45.7 Å². The van der Waals surface area contributed by atoms with E-state index in [9.17, 15) is 0 Å². The number of nitrogens with one attached hydrogen (secondary N) is 1. The highest BCUT2D eigenvalue weighted by Crippen LogP contribution is 2.24. The maximum atomic E-state index is 5.39. The van der Waals surface area contributed by atoms with Crippen LogP contribution in [0.5, 0.6) is 11.5 Å². The minimum Gasteiger partial charge on any atom is -0.497 e. The monoisotopic (exact) mass is 251 g/mol. The van der Waals surface area contributed by atoms with E-state index in [1.54, 1.807) is 14.2 Å². The zero-order valence-electron chi connectivity index (χ0n) is 12.0. The molecule has 0 bridgehead atoms. The zero-order valence-corrected chi connectivity index (χ0v) is 12.0. The minimum atomic E-state index is 0.585. The third-order valence-corrected chi connectivity index (χ3v) is 3.21. The van der Waals surface area contributed by atoms with Crippen LogP contribution in [0.1, 0.15) is 38.7 Å². The Morgan fingerprint density at radius 1 is 1.17 bits per heavy atom. The lowest BCUT2D eigenvalue weighted by atomic mass is 10.1. The molecule has 0 spiro atoms. The molecule has 0 saturated heterocycles. The summed E-state index contributed by atoms with van der Waals surface area (Å²) in [4.78, 5) is 0. The van der Waals surface area contributed by atoms with E-state index in [2.05, 4.69) is 25.2 Å². The molecule has 0 amide bonds. The molecule has 0 radical (unpaired) electrons. The molecule has 1 atom stereocenters.